The maximum atomic E-state index is 12.1. The number of rotatable bonds is 4. The molecule has 0 radical (unpaired) electrons. The summed E-state index contributed by atoms with van der Waals surface area (Å²) in [6, 6.07) is 5.25. The maximum absolute atomic E-state index is 12.1. The van der Waals surface area contributed by atoms with Crippen LogP contribution in [0.15, 0.2) is 22.7 Å². The average Bonchev–Trinajstić information content (AvgIpc) is 2.31. The van der Waals surface area contributed by atoms with Gasteiger partial charge in [-0.2, -0.15) is 0 Å². The molecule has 94 valence electrons. The summed E-state index contributed by atoms with van der Waals surface area (Å²) in [6.07, 6.45) is 1.07. The van der Waals surface area contributed by atoms with Crippen LogP contribution in [0.5, 0.6) is 0 Å². The van der Waals surface area contributed by atoms with Crippen LogP contribution in [0.25, 0.3) is 0 Å². The van der Waals surface area contributed by atoms with Crippen molar-refractivity contribution in [3.8, 4) is 0 Å². The lowest BCUT2D eigenvalue weighted by atomic mass is 10.1. The molecular formula is C13H17BrClNO. The highest BCUT2D eigenvalue weighted by atomic mass is 79.9. The van der Waals surface area contributed by atoms with E-state index in [0.29, 0.717) is 16.5 Å². The van der Waals surface area contributed by atoms with E-state index in [9.17, 15) is 4.79 Å². The van der Waals surface area contributed by atoms with Crippen LogP contribution in [-0.2, 0) is 0 Å². The van der Waals surface area contributed by atoms with E-state index in [1.54, 1.807) is 23.1 Å². The zero-order valence-corrected chi connectivity index (χ0v) is 12.7. The Morgan fingerprint density at radius 3 is 2.71 bits per heavy atom. The van der Waals surface area contributed by atoms with Crippen LogP contribution in [0, 0.1) is 5.92 Å². The van der Waals surface area contributed by atoms with Crippen LogP contribution < -0.4 is 0 Å². The van der Waals surface area contributed by atoms with Gasteiger partial charge in [0.1, 0.15) is 0 Å². The van der Waals surface area contributed by atoms with Crippen LogP contribution in [0.3, 0.4) is 0 Å². The third kappa shape index (κ3) is 4.00. The molecule has 0 aromatic heterocycles. The molecule has 1 aromatic carbocycles. The van der Waals surface area contributed by atoms with E-state index in [4.69, 9.17) is 11.6 Å². The summed E-state index contributed by atoms with van der Waals surface area (Å²) < 4.78 is 0.752. The van der Waals surface area contributed by atoms with Gasteiger partial charge in [-0.15, -0.1) is 0 Å². The molecule has 0 aliphatic rings. The van der Waals surface area contributed by atoms with Crippen LogP contribution in [0.4, 0.5) is 0 Å². The van der Waals surface area contributed by atoms with Crippen molar-refractivity contribution in [3.63, 3.8) is 0 Å². The zero-order valence-electron chi connectivity index (χ0n) is 10.3. The lowest BCUT2D eigenvalue weighted by molar-refractivity contribution is 0.0775. The summed E-state index contributed by atoms with van der Waals surface area (Å²) in [6.45, 7) is 5.04. The summed E-state index contributed by atoms with van der Waals surface area (Å²) >= 11 is 9.23. The van der Waals surface area contributed by atoms with E-state index in [1.165, 1.54) is 0 Å². The second-order valence-electron chi connectivity index (χ2n) is 4.33. The summed E-state index contributed by atoms with van der Waals surface area (Å²) in [4.78, 5) is 13.9. The van der Waals surface area contributed by atoms with Gasteiger partial charge in [0.25, 0.3) is 5.91 Å². The van der Waals surface area contributed by atoms with E-state index < -0.39 is 0 Å². The molecule has 0 spiro atoms. The van der Waals surface area contributed by atoms with Gasteiger partial charge < -0.3 is 4.90 Å². The van der Waals surface area contributed by atoms with Crippen LogP contribution in [-0.4, -0.2) is 24.4 Å². The number of amides is 1. The molecule has 2 nitrogen and oxygen atoms in total. The topological polar surface area (TPSA) is 20.3 Å². The molecule has 0 aliphatic carbocycles. The first-order chi connectivity index (χ1) is 7.95. The van der Waals surface area contributed by atoms with Crippen molar-refractivity contribution in [2.45, 2.75) is 20.3 Å². The standard InChI is InChI=1S/C13H17BrClNO/c1-4-9(2)8-16(3)13(17)10-5-6-12(15)11(14)7-10/h5-7,9H,4,8H2,1-3H3. The molecule has 0 heterocycles. The lowest BCUT2D eigenvalue weighted by Gasteiger charge is -2.21. The predicted molar refractivity (Wildman–Crippen MR) is 75.6 cm³/mol. The Morgan fingerprint density at radius 1 is 1.53 bits per heavy atom. The van der Waals surface area contributed by atoms with Crippen molar-refractivity contribution in [1.82, 2.24) is 4.90 Å². The van der Waals surface area contributed by atoms with Gasteiger partial charge in [-0.1, -0.05) is 31.9 Å². The molecule has 0 saturated heterocycles. The molecule has 0 aliphatic heterocycles. The number of halogens is 2. The fourth-order valence-corrected chi connectivity index (χ4v) is 2.03. The van der Waals surface area contributed by atoms with Gasteiger partial charge in [0, 0.05) is 23.6 Å². The minimum Gasteiger partial charge on any atom is -0.341 e. The first kappa shape index (κ1) is 14.5. The molecule has 0 bridgehead atoms. The van der Waals surface area contributed by atoms with Crippen molar-refractivity contribution in [2.24, 2.45) is 5.92 Å². The molecule has 1 amide bonds. The monoisotopic (exact) mass is 317 g/mol. The normalized spacial score (nSPS) is 12.3. The van der Waals surface area contributed by atoms with E-state index in [1.807, 2.05) is 7.05 Å². The number of hydrogen-bond donors (Lipinski definition) is 0. The van der Waals surface area contributed by atoms with Gasteiger partial charge in [0.15, 0.2) is 0 Å². The number of nitrogens with zero attached hydrogens (tertiary/aromatic N) is 1. The Labute approximate surface area is 116 Å². The van der Waals surface area contributed by atoms with Crippen molar-refractivity contribution in [2.75, 3.05) is 13.6 Å². The van der Waals surface area contributed by atoms with Gasteiger partial charge in [-0.05, 0) is 40.0 Å². The third-order valence-corrected chi connectivity index (χ3v) is 4.01. The Bertz CT molecular complexity index is 408. The van der Waals surface area contributed by atoms with Crippen LogP contribution in [0.1, 0.15) is 30.6 Å². The van der Waals surface area contributed by atoms with E-state index in [-0.39, 0.29) is 5.91 Å². The highest BCUT2D eigenvalue weighted by molar-refractivity contribution is 9.10. The Balaban J connectivity index is 2.78. The molecule has 0 fully saturated rings. The molecular weight excluding hydrogens is 302 g/mol. The number of carbonyl (C=O) groups is 1. The molecule has 1 unspecified atom stereocenters. The summed E-state index contributed by atoms with van der Waals surface area (Å²) in [5, 5.41) is 0.617. The molecule has 4 heteroatoms. The molecule has 1 rings (SSSR count). The van der Waals surface area contributed by atoms with Crippen molar-refractivity contribution in [3.05, 3.63) is 33.3 Å². The third-order valence-electron chi connectivity index (χ3n) is 2.80. The Kier molecular flexibility index (Phi) is 5.47. The molecule has 1 atom stereocenters. The second kappa shape index (κ2) is 6.41. The van der Waals surface area contributed by atoms with E-state index in [2.05, 4.69) is 29.8 Å². The summed E-state index contributed by atoms with van der Waals surface area (Å²) in [5.74, 6) is 0.544. The predicted octanol–water partition coefficient (Wildman–Crippen LogP) is 4.22. The van der Waals surface area contributed by atoms with Gasteiger partial charge in [0.2, 0.25) is 0 Å². The quantitative estimate of drug-likeness (QED) is 0.814. The van der Waals surface area contributed by atoms with Gasteiger partial charge in [-0.25, -0.2) is 0 Å². The van der Waals surface area contributed by atoms with E-state index in [0.717, 1.165) is 17.4 Å². The van der Waals surface area contributed by atoms with Crippen molar-refractivity contribution < 1.29 is 4.79 Å². The van der Waals surface area contributed by atoms with Crippen LogP contribution >= 0.6 is 27.5 Å². The summed E-state index contributed by atoms with van der Waals surface area (Å²) in [5.41, 5.74) is 0.659. The molecule has 0 saturated carbocycles. The summed E-state index contributed by atoms with van der Waals surface area (Å²) in [7, 11) is 1.83. The second-order valence-corrected chi connectivity index (χ2v) is 5.59. The number of hydrogen-bond acceptors (Lipinski definition) is 1. The molecule has 1 aromatic rings. The number of carbonyl (C=O) groups excluding carboxylic acids is 1. The van der Waals surface area contributed by atoms with Crippen molar-refractivity contribution >= 4 is 33.4 Å². The van der Waals surface area contributed by atoms with Crippen molar-refractivity contribution in [1.29, 1.82) is 0 Å². The fraction of sp³-hybridized carbons (Fsp3) is 0.462. The van der Waals surface area contributed by atoms with E-state index >= 15 is 0 Å². The average molecular weight is 319 g/mol. The first-order valence-electron chi connectivity index (χ1n) is 5.66. The minimum atomic E-state index is 0.0302. The largest absolute Gasteiger partial charge is 0.341 e. The van der Waals surface area contributed by atoms with Gasteiger partial charge in [0.05, 0.1) is 5.02 Å². The SMILES string of the molecule is CCC(C)CN(C)C(=O)c1ccc(Cl)c(Br)c1. The lowest BCUT2D eigenvalue weighted by Crippen LogP contribution is -2.30. The minimum absolute atomic E-state index is 0.0302. The smallest absolute Gasteiger partial charge is 0.253 e. The molecule has 0 N–H and O–H groups in total. The highest BCUT2D eigenvalue weighted by Gasteiger charge is 2.14. The maximum Gasteiger partial charge on any atom is 0.253 e. The Morgan fingerprint density at radius 2 is 2.18 bits per heavy atom. The van der Waals surface area contributed by atoms with Gasteiger partial charge >= 0.3 is 0 Å². The fourth-order valence-electron chi connectivity index (χ4n) is 1.53. The molecule has 17 heavy (non-hydrogen) atoms. The van der Waals surface area contributed by atoms with Crippen LogP contribution in [0.2, 0.25) is 5.02 Å². The highest BCUT2D eigenvalue weighted by Crippen LogP contribution is 2.23. The zero-order chi connectivity index (χ0) is 13.0. The Hall–Kier alpha value is -0.540. The van der Waals surface area contributed by atoms with Gasteiger partial charge in [-0.3, -0.25) is 4.79 Å². The first-order valence-corrected chi connectivity index (χ1v) is 6.83. The number of benzene rings is 1.